The number of unbranched alkanes of at least 4 members (excludes halogenated alkanes) is 14. The van der Waals surface area contributed by atoms with E-state index in [1.54, 1.807) is 0 Å². The van der Waals surface area contributed by atoms with E-state index in [9.17, 15) is 40.5 Å². The first-order valence-corrected chi connectivity index (χ1v) is 27.2. The van der Waals surface area contributed by atoms with E-state index in [1.807, 2.05) is 6.08 Å². The Bertz CT molecular complexity index is 1490. The van der Waals surface area contributed by atoms with Crippen molar-refractivity contribution >= 4 is 5.97 Å². The Morgan fingerprint density at radius 3 is 1.44 bits per heavy atom. The fraction of sp³-hybridized carbons (Fsp3) is 0.737. The van der Waals surface area contributed by atoms with Gasteiger partial charge in [0.25, 0.3) is 0 Å². The molecular formula is C57H96O14. The number of carbonyl (C=O) groups is 1. The maximum absolute atomic E-state index is 13.0. The molecule has 14 nitrogen and oxygen atoms in total. The fourth-order valence-corrected chi connectivity index (χ4v) is 8.00. The number of rotatable bonds is 42. The van der Waals surface area contributed by atoms with Crippen LogP contribution in [0.5, 0.6) is 0 Å². The van der Waals surface area contributed by atoms with Gasteiger partial charge in [-0.05, 0) is 83.5 Å². The molecule has 2 fully saturated rings. The third-order valence-electron chi connectivity index (χ3n) is 12.4. The smallest absolute Gasteiger partial charge is 0.306 e. The van der Waals surface area contributed by atoms with Crippen molar-refractivity contribution in [1.29, 1.82) is 0 Å². The molecule has 11 atom stereocenters. The molecule has 0 spiro atoms. The lowest BCUT2D eigenvalue weighted by molar-refractivity contribution is -0.332. The predicted molar refractivity (Wildman–Crippen MR) is 279 cm³/mol. The van der Waals surface area contributed by atoms with E-state index in [-0.39, 0.29) is 19.6 Å². The van der Waals surface area contributed by atoms with Gasteiger partial charge in [-0.2, -0.15) is 0 Å². The molecule has 0 aliphatic carbocycles. The van der Waals surface area contributed by atoms with Gasteiger partial charge in [0.1, 0.15) is 54.9 Å². The monoisotopic (exact) mass is 1000 g/mol. The van der Waals surface area contributed by atoms with E-state index in [4.69, 9.17) is 28.4 Å². The molecule has 0 aromatic carbocycles. The average molecular weight is 1010 g/mol. The topological polar surface area (TPSA) is 214 Å². The molecule has 0 aromatic rings. The summed E-state index contributed by atoms with van der Waals surface area (Å²) < 4.78 is 34.3. The third-order valence-corrected chi connectivity index (χ3v) is 12.4. The number of hydrogen-bond acceptors (Lipinski definition) is 14. The summed E-state index contributed by atoms with van der Waals surface area (Å²) in [6.07, 6.45) is 39.3. The molecule has 2 saturated heterocycles. The van der Waals surface area contributed by atoms with E-state index in [0.29, 0.717) is 19.4 Å². The van der Waals surface area contributed by atoms with E-state index in [2.05, 4.69) is 92.8 Å². The fourth-order valence-electron chi connectivity index (χ4n) is 8.00. The molecular weight excluding hydrogens is 909 g/mol. The highest BCUT2D eigenvalue weighted by Crippen LogP contribution is 2.26. The molecule has 0 saturated carbocycles. The maximum atomic E-state index is 13.0. The molecule has 2 rings (SSSR count). The molecule has 0 radical (unpaired) electrons. The Labute approximate surface area is 427 Å². The van der Waals surface area contributed by atoms with Gasteiger partial charge in [0.2, 0.25) is 0 Å². The molecule has 11 unspecified atom stereocenters. The minimum absolute atomic E-state index is 0.0319. The largest absolute Gasteiger partial charge is 0.457 e. The second kappa shape index (κ2) is 43.6. The normalized spacial score (nSPS) is 26.0. The van der Waals surface area contributed by atoms with Crippen LogP contribution in [0.2, 0.25) is 0 Å². The minimum atomic E-state index is -1.72. The molecule has 2 heterocycles. The molecule has 71 heavy (non-hydrogen) atoms. The van der Waals surface area contributed by atoms with Gasteiger partial charge in [-0.15, -0.1) is 0 Å². The molecule has 0 amide bonds. The number of esters is 1. The lowest BCUT2D eigenvalue weighted by Crippen LogP contribution is -2.61. The summed E-state index contributed by atoms with van der Waals surface area (Å²) in [5, 5.41) is 72.2. The molecule has 408 valence electrons. The first-order chi connectivity index (χ1) is 34.6. The summed E-state index contributed by atoms with van der Waals surface area (Å²) in [6, 6.07) is 0. The zero-order valence-corrected chi connectivity index (χ0v) is 43.4. The lowest BCUT2D eigenvalue weighted by Gasteiger charge is -2.42. The number of allylic oxidation sites excluding steroid dienone is 14. The van der Waals surface area contributed by atoms with Gasteiger partial charge in [0.15, 0.2) is 12.6 Å². The Balaban J connectivity index is 1.77. The first-order valence-electron chi connectivity index (χ1n) is 27.2. The Morgan fingerprint density at radius 2 is 0.915 bits per heavy atom. The Morgan fingerprint density at radius 1 is 0.479 bits per heavy atom. The summed E-state index contributed by atoms with van der Waals surface area (Å²) in [5.74, 6) is -0.436. The van der Waals surface area contributed by atoms with Gasteiger partial charge in [0, 0.05) is 13.0 Å². The maximum Gasteiger partial charge on any atom is 0.306 e. The van der Waals surface area contributed by atoms with E-state index in [1.165, 1.54) is 70.6 Å². The zero-order chi connectivity index (χ0) is 51.6. The minimum Gasteiger partial charge on any atom is -0.457 e. The standard InChI is InChI=1S/C57H96O14/c1-3-5-7-9-11-13-15-17-19-21-22-23-25-27-29-31-33-35-37-39-41-66-43-46(69-49(59)40-38-36-34-32-30-28-26-24-20-18-16-14-12-10-8-6-4-2)44-67-56-55(65)53(63)51(61)48(71-56)45-68-57-54(64)52(62)50(60)47(42-58)70-57/h6,8,11-14,17-20,26,28,32,34,46-48,50-58,60-65H,3-5,7,9-10,15-16,21-25,27,29-31,33,35-45H2,1-2H3/b8-6-,13-11-,14-12-,19-17-,20-18-,28-26-,34-32-. The summed E-state index contributed by atoms with van der Waals surface area (Å²) >= 11 is 0. The molecule has 14 heteroatoms. The second-order valence-electron chi connectivity index (χ2n) is 18.7. The van der Waals surface area contributed by atoms with Gasteiger partial charge in [-0.3, -0.25) is 4.79 Å². The number of hydrogen-bond donors (Lipinski definition) is 7. The van der Waals surface area contributed by atoms with Gasteiger partial charge < -0.3 is 64.2 Å². The van der Waals surface area contributed by atoms with Crippen LogP contribution in [0.4, 0.5) is 0 Å². The van der Waals surface area contributed by atoms with Crippen molar-refractivity contribution in [3.63, 3.8) is 0 Å². The van der Waals surface area contributed by atoms with Crippen LogP contribution in [0.15, 0.2) is 85.1 Å². The van der Waals surface area contributed by atoms with Crippen molar-refractivity contribution in [2.45, 2.75) is 235 Å². The average Bonchev–Trinajstić information content (AvgIpc) is 3.37. The Kier molecular flexibility index (Phi) is 39.4. The number of carbonyl (C=O) groups excluding carboxylic acids is 1. The van der Waals surface area contributed by atoms with Crippen LogP contribution < -0.4 is 0 Å². The highest BCUT2D eigenvalue weighted by Gasteiger charge is 2.47. The third kappa shape index (κ3) is 30.8. The quantitative estimate of drug-likeness (QED) is 0.0173. The van der Waals surface area contributed by atoms with Crippen LogP contribution in [0, 0.1) is 0 Å². The Hall–Kier alpha value is -2.83. The van der Waals surface area contributed by atoms with Crippen molar-refractivity contribution in [1.82, 2.24) is 0 Å². The van der Waals surface area contributed by atoms with Crippen LogP contribution in [0.25, 0.3) is 0 Å². The van der Waals surface area contributed by atoms with Crippen molar-refractivity contribution in [3.05, 3.63) is 85.1 Å². The van der Waals surface area contributed by atoms with Gasteiger partial charge in [-0.25, -0.2) is 0 Å². The van der Waals surface area contributed by atoms with Crippen molar-refractivity contribution in [2.24, 2.45) is 0 Å². The number of ether oxygens (including phenoxy) is 6. The second-order valence-corrected chi connectivity index (χ2v) is 18.7. The summed E-state index contributed by atoms with van der Waals surface area (Å²) in [6.45, 7) is 3.45. The molecule has 2 aliphatic heterocycles. The van der Waals surface area contributed by atoms with Gasteiger partial charge >= 0.3 is 5.97 Å². The molecule has 0 aromatic heterocycles. The molecule has 7 N–H and O–H groups in total. The predicted octanol–water partition coefficient (Wildman–Crippen LogP) is 8.85. The van der Waals surface area contributed by atoms with E-state index in [0.717, 1.165) is 64.2 Å². The van der Waals surface area contributed by atoms with Crippen molar-refractivity contribution in [3.8, 4) is 0 Å². The molecule has 2 aliphatic rings. The van der Waals surface area contributed by atoms with E-state index < -0.39 is 86.7 Å². The summed E-state index contributed by atoms with van der Waals surface area (Å²) in [7, 11) is 0. The number of aliphatic hydroxyl groups is 7. The highest BCUT2D eigenvalue weighted by molar-refractivity contribution is 5.69. The van der Waals surface area contributed by atoms with E-state index >= 15 is 0 Å². The van der Waals surface area contributed by atoms with Gasteiger partial charge in [0.05, 0.1) is 26.4 Å². The highest BCUT2D eigenvalue weighted by atomic mass is 16.7. The summed E-state index contributed by atoms with van der Waals surface area (Å²) in [5.41, 5.74) is 0. The summed E-state index contributed by atoms with van der Waals surface area (Å²) in [4.78, 5) is 13.0. The van der Waals surface area contributed by atoms with Crippen molar-refractivity contribution in [2.75, 3.05) is 33.0 Å². The van der Waals surface area contributed by atoms with Gasteiger partial charge in [-0.1, -0.05) is 163 Å². The lowest BCUT2D eigenvalue weighted by atomic mass is 9.98. The zero-order valence-electron chi connectivity index (χ0n) is 43.4. The van der Waals surface area contributed by atoms with Crippen LogP contribution >= 0.6 is 0 Å². The molecule has 0 bridgehead atoms. The SMILES string of the molecule is CC/C=C\C/C=C\C/C=C\C/C=C\C/C=C\CCCC(=O)OC(COCCCCCCCCCCCC/C=C\C/C=C\CCCCC)COC1OC(COC2OC(CO)C(O)C(O)C2O)C(O)C(O)C1O. The first kappa shape index (κ1) is 64.3. The number of aliphatic hydroxyl groups excluding tert-OH is 7. The van der Waals surface area contributed by atoms with Crippen LogP contribution in [-0.2, 0) is 33.2 Å². The van der Waals surface area contributed by atoms with Crippen molar-refractivity contribution < 1.29 is 69.0 Å². The van der Waals surface area contributed by atoms with Crippen LogP contribution in [0.1, 0.15) is 168 Å². The van der Waals surface area contributed by atoms with Crippen LogP contribution in [0.3, 0.4) is 0 Å². The van der Waals surface area contributed by atoms with Crippen LogP contribution in [-0.4, -0.2) is 142 Å².